The molecular weight excluding hydrogens is 387 g/mol. The molecule has 1 unspecified atom stereocenters. The van der Waals surface area contributed by atoms with Gasteiger partial charge in [0.05, 0.1) is 5.56 Å². The fourth-order valence-electron chi connectivity index (χ4n) is 2.73. The zero-order valence-corrected chi connectivity index (χ0v) is 16.5. The van der Waals surface area contributed by atoms with Crippen LogP contribution in [-0.2, 0) is 4.79 Å². The Bertz CT molecular complexity index is 951. The molecule has 2 amide bonds. The molecule has 0 aliphatic heterocycles. The number of nitrogens with one attached hydrogen (secondary N) is 2. The van der Waals surface area contributed by atoms with Crippen LogP contribution in [0.25, 0.3) is 0 Å². The van der Waals surface area contributed by atoms with Crippen molar-refractivity contribution in [2.45, 2.75) is 10.1 Å². The van der Waals surface area contributed by atoms with Crippen LogP contribution >= 0.6 is 11.8 Å². The van der Waals surface area contributed by atoms with E-state index in [2.05, 4.69) is 10.6 Å². The standard InChI is InChI=1S/C23H21FN2O2S/c24-20-14-8-7-13-19(20)22(27)25-15-16-26-23(28)21(17-9-3-1-4-10-17)29-18-11-5-2-6-12-18/h1-14,21H,15-16H2,(H,25,27)(H,26,28). The van der Waals surface area contributed by atoms with Gasteiger partial charge in [-0.25, -0.2) is 4.39 Å². The fraction of sp³-hybridized carbons (Fsp3) is 0.130. The van der Waals surface area contributed by atoms with E-state index in [1.165, 1.54) is 30.0 Å². The van der Waals surface area contributed by atoms with Crippen LogP contribution in [0.1, 0.15) is 21.2 Å². The zero-order chi connectivity index (χ0) is 20.5. The number of rotatable bonds is 8. The van der Waals surface area contributed by atoms with E-state index in [0.717, 1.165) is 10.5 Å². The van der Waals surface area contributed by atoms with Crippen LogP contribution in [-0.4, -0.2) is 24.9 Å². The van der Waals surface area contributed by atoms with E-state index in [1.54, 1.807) is 6.07 Å². The number of carbonyl (C=O) groups excluding carboxylic acids is 2. The molecule has 29 heavy (non-hydrogen) atoms. The molecule has 6 heteroatoms. The van der Waals surface area contributed by atoms with Crippen molar-refractivity contribution in [1.82, 2.24) is 10.6 Å². The molecule has 0 fully saturated rings. The Kier molecular flexibility index (Phi) is 7.41. The van der Waals surface area contributed by atoms with Gasteiger partial charge in [-0.1, -0.05) is 60.7 Å². The number of hydrogen-bond acceptors (Lipinski definition) is 3. The molecule has 0 saturated heterocycles. The number of carbonyl (C=O) groups is 2. The van der Waals surface area contributed by atoms with E-state index in [0.29, 0.717) is 0 Å². The lowest BCUT2D eigenvalue weighted by atomic mass is 10.1. The Hall–Kier alpha value is -3.12. The molecule has 3 aromatic rings. The van der Waals surface area contributed by atoms with Crippen molar-refractivity contribution in [2.75, 3.05) is 13.1 Å². The molecule has 0 aromatic heterocycles. The highest BCUT2D eigenvalue weighted by molar-refractivity contribution is 8.00. The minimum absolute atomic E-state index is 0.0133. The minimum Gasteiger partial charge on any atom is -0.353 e. The maximum Gasteiger partial charge on any atom is 0.254 e. The molecule has 0 heterocycles. The first-order valence-electron chi connectivity index (χ1n) is 9.22. The molecule has 0 spiro atoms. The van der Waals surface area contributed by atoms with Gasteiger partial charge in [-0.05, 0) is 29.8 Å². The second kappa shape index (κ2) is 10.4. The van der Waals surface area contributed by atoms with E-state index >= 15 is 0 Å². The third-order valence-corrected chi connectivity index (χ3v) is 5.43. The van der Waals surface area contributed by atoms with Gasteiger partial charge in [0.15, 0.2) is 0 Å². The Morgan fingerprint density at radius 2 is 1.38 bits per heavy atom. The lowest BCUT2D eigenvalue weighted by Gasteiger charge is -2.17. The highest BCUT2D eigenvalue weighted by Crippen LogP contribution is 2.35. The summed E-state index contributed by atoms with van der Waals surface area (Å²) in [7, 11) is 0. The molecule has 148 valence electrons. The number of amides is 2. The first kappa shape index (κ1) is 20.6. The SMILES string of the molecule is O=C(NCCNC(=O)C(Sc1ccccc1)c1ccccc1)c1ccccc1F. The van der Waals surface area contributed by atoms with Gasteiger partial charge in [0.1, 0.15) is 11.1 Å². The summed E-state index contributed by atoms with van der Waals surface area (Å²) in [5.74, 6) is -1.22. The van der Waals surface area contributed by atoms with E-state index in [-0.39, 0.29) is 24.6 Å². The maximum absolute atomic E-state index is 13.6. The summed E-state index contributed by atoms with van der Waals surface area (Å²) in [4.78, 5) is 25.8. The van der Waals surface area contributed by atoms with Crippen molar-refractivity contribution >= 4 is 23.6 Å². The average molecular weight is 408 g/mol. The third kappa shape index (κ3) is 5.93. The first-order valence-corrected chi connectivity index (χ1v) is 10.1. The van der Waals surface area contributed by atoms with Gasteiger partial charge in [-0.15, -0.1) is 11.8 Å². The summed E-state index contributed by atoms with van der Waals surface area (Å²) >= 11 is 1.46. The smallest absolute Gasteiger partial charge is 0.254 e. The lowest BCUT2D eigenvalue weighted by molar-refractivity contribution is -0.120. The minimum atomic E-state index is -0.572. The van der Waals surface area contributed by atoms with Crippen LogP contribution in [0.5, 0.6) is 0 Å². The number of halogens is 1. The molecule has 0 saturated carbocycles. The second-order valence-corrected chi connectivity index (χ2v) is 7.43. The summed E-state index contributed by atoms with van der Waals surface area (Å²) in [6.45, 7) is 0.453. The maximum atomic E-state index is 13.6. The highest BCUT2D eigenvalue weighted by atomic mass is 32.2. The molecular formula is C23H21FN2O2S. The van der Waals surface area contributed by atoms with Crippen LogP contribution in [0.4, 0.5) is 4.39 Å². The van der Waals surface area contributed by atoms with Crippen molar-refractivity contribution in [3.8, 4) is 0 Å². The first-order chi connectivity index (χ1) is 14.1. The van der Waals surface area contributed by atoms with Crippen molar-refractivity contribution < 1.29 is 14.0 Å². The molecule has 4 nitrogen and oxygen atoms in total. The zero-order valence-electron chi connectivity index (χ0n) is 15.7. The number of thioether (sulfide) groups is 1. The molecule has 0 radical (unpaired) electrons. The topological polar surface area (TPSA) is 58.2 Å². The highest BCUT2D eigenvalue weighted by Gasteiger charge is 2.21. The summed E-state index contributed by atoms with van der Waals surface area (Å²) in [6, 6.07) is 25.0. The molecule has 0 bridgehead atoms. The molecule has 1 atom stereocenters. The third-order valence-electron chi connectivity index (χ3n) is 4.17. The van der Waals surface area contributed by atoms with Crippen molar-refractivity contribution in [3.63, 3.8) is 0 Å². The molecule has 2 N–H and O–H groups in total. The van der Waals surface area contributed by atoms with Gasteiger partial charge in [-0.3, -0.25) is 9.59 Å². The van der Waals surface area contributed by atoms with Crippen LogP contribution in [0.2, 0.25) is 0 Å². The van der Waals surface area contributed by atoms with E-state index in [9.17, 15) is 14.0 Å². The summed E-state index contributed by atoms with van der Waals surface area (Å²) < 4.78 is 13.6. The molecule has 0 aliphatic carbocycles. The normalized spacial score (nSPS) is 11.5. The van der Waals surface area contributed by atoms with Gasteiger partial charge >= 0.3 is 0 Å². The van der Waals surface area contributed by atoms with Crippen molar-refractivity contribution in [3.05, 3.63) is 102 Å². The monoisotopic (exact) mass is 408 g/mol. The molecule has 3 aromatic carbocycles. The Morgan fingerprint density at radius 1 is 0.793 bits per heavy atom. The fourth-order valence-corrected chi connectivity index (χ4v) is 3.80. The molecule has 0 aliphatic rings. The Morgan fingerprint density at radius 3 is 2.07 bits per heavy atom. The van der Waals surface area contributed by atoms with Gasteiger partial charge < -0.3 is 10.6 Å². The Balaban J connectivity index is 1.57. The Labute approximate surface area is 173 Å². The van der Waals surface area contributed by atoms with Gasteiger partial charge in [0.25, 0.3) is 5.91 Å². The van der Waals surface area contributed by atoms with Crippen LogP contribution < -0.4 is 10.6 Å². The summed E-state index contributed by atoms with van der Waals surface area (Å²) in [5.41, 5.74) is 0.884. The second-order valence-electron chi connectivity index (χ2n) is 6.25. The summed E-state index contributed by atoms with van der Waals surface area (Å²) in [6.07, 6.45) is 0. The average Bonchev–Trinajstić information content (AvgIpc) is 2.76. The predicted molar refractivity (Wildman–Crippen MR) is 113 cm³/mol. The van der Waals surface area contributed by atoms with Crippen LogP contribution in [0.3, 0.4) is 0 Å². The largest absolute Gasteiger partial charge is 0.353 e. The summed E-state index contributed by atoms with van der Waals surface area (Å²) in [5, 5.41) is 5.06. The van der Waals surface area contributed by atoms with Crippen LogP contribution in [0, 0.1) is 5.82 Å². The van der Waals surface area contributed by atoms with E-state index in [4.69, 9.17) is 0 Å². The quantitative estimate of drug-likeness (QED) is 0.434. The van der Waals surface area contributed by atoms with Gasteiger partial charge in [0.2, 0.25) is 5.91 Å². The van der Waals surface area contributed by atoms with Gasteiger partial charge in [-0.2, -0.15) is 0 Å². The number of benzene rings is 3. The number of hydrogen-bond donors (Lipinski definition) is 2. The van der Waals surface area contributed by atoms with E-state index < -0.39 is 17.0 Å². The lowest BCUT2D eigenvalue weighted by Crippen LogP contribution is -2.36. The van der Waals surface area contributed by atoms with Crippen molar-refractivity contribution in [2.24, 2.45) is 0 Å². The van der Waals surface area contributed by atoms with Crippen LogP contribution in [0.15, 0.2) is 89.8 Å². The van der Waals surface area contributed by atoms with Gasteiger partial charge in [0, 0.05) is 18.0 Å². The van der Waals surface area contributed by atoms with Crippen molar-refractivity contribution in [1.29, 1.82) is 0 Å². The molecule has 3 rings (SSSR count). The van der Waals surface area contributed by atoms with E-state index in [1.807, 2.05) is 60.7 Å². The predicted octanol–water partition coefficient (Wildman–Crippen LogP) is 4.21.